The molecule has 0 amide bonds. The van der Waals surface area contributed by atoms with E-state index in [9.17, 15) is 0 Å². The molecule has 2 fully saturated rings. The Bertz CT molecular complexity index is 295. The van der Waals surface area contributed by atoms with Gasteiger partial charge in [-0.05, 0) is 38.0 Å². The second kappa shape index (κ2) is 6.76. The fourth-order valence-corrected chi connectivity index (χ4v) is 3.95. The van der Waals surface area contributed by atoms with Crippen molar-refractivity contribution in [1.82, 2.24) is 10.2 Å². The summed E-state index contributed by atoms with van der Waals surface area (Å²) in [4.78, 5) is 2.80. The molecule has 20 heavy (non-hydrogen) atoms. The summed E-state index contributed by atoms with van der Waals surface area (Å²) in [5.41, 5.74) is 0.319. The summed E-state index contributed by atoms with van der Waals surface area (Å²) < 4.78 is 5.63. The first-order valence-electron chi connectivity index (χ1n) is 8.61. The van der Waals surface area contributed by atoms with Crippen molar-refractivity contribution in [2.24, 2.45) is 11.8 Å². The fourth-order valence-electron chi connectivity index (χ4n) is 3.95. The van der Waals surface area contributed by atoms with Crippen LogP contribution in [0.4, 0.5) is 0 Å². The lowest BCUT2D eigenvalue weighted by Crippen LogP contribution is -2.67. The molecular weight excluding hydrogens is 248 g/mol. The average molecular weight is 282 g/mol. The van der Waals surface area contributed by atoms with Gasteiger partial charge in [-0.2, -0.15) is 0 Å². The van der Waals surface area contributed by atoms with E-state index in [0.29, 0.717) is 23.5 Å². The largest absolute Gasteiger partial charge is 0.381 e. The Labute approximate surface area is 125 Å². The Balaban J connectivity index is 2.13. The summed E-state index contributed by atoms with van der Waals surface area (Å²) in [5.74, 6) is 1.43. The number of ether oxygens (including phenoxy) is 1. The van der Waals surface area contributed by atoms with E-state index in [0.717, 1.165) is 25.7 Å². The standard InChI is InChI=1S/C17H34N2O/c1-6-17(7-2)12-19(16(10-18-17)13(3)4)14(5)15-8-9-20-11-15/h13-16,18H,6-12H2,1-5H3. The van der Waals surface area contributed by atoms with Gasteiger partial charge in [-0.1, -0.05) is 27.7 Å². The predicted octanol–water partition coefficient (Wildman–Crippen LogP) is 2.90. The van der Waals surface area contributed by atoms with E-state index in [-0.39, 0.29) is 0 Å². The number of hydrogen-bond donors (Lipinski definition) is 1. The first-order valence-corrected chi connectivity index (χ1v) is 8.61. The Morgan fingerprint density at radius 3 is 2.45 bits per heavy atom. The van der Waals surface area contributed by atoms with Crippen molar-refractivity contribution in [3.63, 3.8) is 0 Å². The zero-order valence-electron chi connectivity index (χ0n) is 14.1. The van der Waals surface area contributed by atoms with Crippen molar-refractivity contribution < 1.29 is 4.74 Å². The summed E-state index contributed by atoms with van der Waals surface area (Å²) in [5, 5.41) is 3.87. The van der Waals surface area contributed by atoms with Crippen molar-refractivity contribution in [3.8, 4) is 0 Å². The topological polar surface area (TPSA) is 24.5 Å². The van der Waals surface area contributed by atoms with E-state index in [2.05, 4.69) is 44.8 Å². The quantitative estimate of drug-likeness (QED) is 0.839. The minimum absolute atomic E-state index is 0.319. The monoisotopic (exact) mass is 282 g/mol. The third-order valence-corrected chi connectivity index (χ3v) is 5.89. The van der Waals surface area contributed by atoms with Gasteiger partial charge in [-0.3, -0.25) is 4.90 Å². The molecule has 0 bridgehead atoms. The van der Waals surface area contributed by atoms with Crippen LogP contribution in [-0.2, 0) is 4.74 Å². The molecule has 2 heterocycles. The lowest BCUT2D eigenvalue weighted by atomic mass is 9.84. The van der Waals surface area contributed by atoms with Crippen LogP contribution in [0.25, 0.3) is 0 Å². The van der Waals surface area contributed by atoms with Crippen molar-refractivity contribution in [2.75, 3.05) is 26.3 Å². The number of hydrogen-bond acceptors (Lipinski definition) is 3. The molecule has 0 saturated carbocycles. The number of nitrogens with one attached hydrogen (secondary N) is 1. The summed E-state index contributed by atoms with van der Waals surface area (Å²) in [6.45, 7) is 16.1. The minimum atomic E-state index is 0.319. The lowest BCUT2D eigenvalue weighted by Gasteiger charge is -2.52. The van der Waals surface area contributed by atoms with E-state index < -0.39 is 0 Å². The second-order valence-corrected chi connectivity index (χ2v) is 7.22. The fraction of sp³-hybridized carbons (Fsp3) is 1.00. The highest BCUT2D eigenvalue weighted by molar-refractivity contribution is 5.00. The molecule has 2 aliphatic rings. The average Bonchev–Trinajstić information content (AvgIpc) is 2.99. The van der Waals surface area contributed by atoms with Crippen LogP contribution >= 0.6 is 0 Å². The van der Waals surface area contributed by atoms with E-state index in [1.54, 1.807) is 0 Å². The van der Waals surface area contributed by atoms with Crippen molar-refractivity contribution in [3.05, 3.63) is 0 Å². The van der Waals surface area contributed by atoms with Crippen molar-refractivity contribution >= 4 is 0 Å². The van der Waals surface area contributed by atoms with Crippen molar-refractivity contribution in [1.29, 1.82) is 0 Å². The van der Waals surface area contributed by atoms with Crippen LogP contribution in [0.5, 0.6) is 0 Å². The summed E-state index contributed by atoms with van der Waals surface area (Å²) in [6.07, 6.45) is 3.68. The second-order valence-electron chi connectivity index (χ2n) is 7.22. The number of piperazine rings is 1. The molecule has 3 nitrogen and oxygen atoms in total. The molecule has 0 radical (unpaired) electrons. The SMILES string of the molecule is CCC1(CC)CN(C(C)C2CCOC2)C(C(C)C)CN1. The van der Waals surface area contributed by atoms with E-state index >= 15 is 0 Å². The maximum Gasteiger partial charge on any atom is 0.0509 e. The molecule has 2 aliphatic heterocycles. The highest BCUT2D eigenvalue weighted by Gasteiger charge is 2.41. The molecule has 3 unspecified atom stereocenters. The van der Waals surface area contributed by atoms with E-state index in [1.165, 1.54) is 25.8 Å². The first kappa shape index (κ1) is 16.3. The number of rotatable bonds is 5. The van der Waals surface area contributed by atoms with Gasteiger partial charge in [0.1, 0.15) is 0 Å². The smallest absolute Gasteiger partial charge is 0.0509 e. The zero-order chi connectivity index (χ0) is 14.8. The maximum absolute atomic E-state index is 5.63. The summed E-state index contributed by atoms with van der Waals surface area (Å²) in [6, 6.07) is 1.31. The van der Waals surface area contributed by atoms with Crippen LogP contribution in [0, 0.1) is 11.8 Å². The summed E-state index contributed by atoms with van der Waals surface area (Å²) in [7, 11) is 0. The Morgan fingerprint density at radius 1 is 1.25 bits per heavy atom. The van der Waals surface area contributed by atoms with E-state index in [1.807, 2.05) is 0 Å². The van der Waals surface area contributed by atoms with Gasteiger partial charge in [-0.25, -0.2) is 0 Å². The predicted molar refractivity (Wildman–Crippen MR) is 85.0 cm³/mol. The van der Waals surface area contributed by atoms with Gasteiger partial charge >= 0.3 is 0 Å². The van der Waals surface area contributed by atoms with Crippen LogP contribution < -0.4 is 5.32 Å². The lowest BCUT2D eigenvalue weighted by molar-refractivity contribution is 0.00137. The van der Waals surface area contributed by atoms with Crippen LogP contribution in [0.2, 0.25) is 0 Å². The third kappa shape index (κ3) is 3.20. The normalized spacial score (nSPS) is 32.7. The molecule has 0 aromatic heterocycles. The van der Waals surface area contributed by atoms with E-state index in [4.69, 9.17) is 4.74 Å². The van der Waals surface area contributed by atoms with Crippen LogP contribution in [0.15, 0.2) is 0 Å². The first-order chi connectivity index (χ1) is 9.53. The highest BCUT2D eigenvalue weighted by atomic mass is 16.5. The van der Waals surface area contributed by atoms with Gasteiger partial charge in [0.2, 0.25) is 0 Å². The van der Waals surface area contributed by atoms with Crippen molar-refractivity contribution in [2.45, 2.75) is 71.5 Å². The van der Waals surface area contributed by atoms with Crippen LogP contribution in [0.3, 0.4) is 0 Å². The summed E-state index contributed by atoms with van der Waals surface area (Å²) >= 11 is 0. The molecular formula is C17H34N2O. The molecule has 1 N–H and O–H groups in total. The molecule has 0 aromatic rings. The van der Waals surface area contributed by atoms with Gasteiger partial charge in [0.05, 0.1) is 6.61 Å². The molecule has 0 spiro atoms. The van der Waals surface area contributed by atoms with Gasteiger partial charge in [-0.15, -0.1) is 0 Å². The number of nitrogens with zero attached hydrogens (tertiary/aromatic N) is 1. The molecule has 2 rings (SSSR count). The van der Waals surface area contributed by atoms with Crippen LogP contribution in [-0.4, -0.2) is 48.8 Å². The molecule has 2 saturated heterocycles. The molecule has 3 heteroatoms. The Morgan fingerprint density at radius 2 is 1.95 bits per heavy atom. The molecule has 118 valence electrons. The highest BCUT2D eigenvalue weighted by Crippen LogP contribution is 2.31. The molecule has 3 atom stereocenters. The van der Waals surface area contributed by atoms with Gasteiger partial charge in [0, 0.05) is 37.3 Å². The van der Waals surface area contributed by atoms with Crippen LogP contribution in [0.1, 0.15) is 53.9 Å². The van der Waals surface area contributed by atoms with Gasteiger partial charge in [0.25, 0.3) is 0 Å². The molecule has 0 aromatic carbocycles. The maximum atomic E-state index is 5.63. The zero-order valence-corrected chi connectivity index (χ0v) is 14.1. The minimum Gasteiger partial charge on any atom is -0.381 e. The Kier molecular flexibility index (Phi) is 5.49. The van der Waals surface area contributed by atoms with Gasteiger partial charge in [0.15, 0.2) is 0 Å². The third-order valence-electron chi connectivity index (χ3n) is 5.89. The van der Waals surface area contributed by atoms with Gasteiger partial charge < -0.3 is 10.1 Å². The Hall–Kier alpha value is -0.120. The molecule has 0 aliphatic carbocycles.